The summed E-state index contributed by atoms with van der Waals surface area (Å²) in [5.74, 6) is -0.0887. The lowest BCUT2D eigenvalue weighted by atomic mass is 9.94. The predicted molar refractivity (Wildman–Crippen MR) is 72.6 cm³/mol. The third-order valence-electron chi connectivity index (χ3n) is 2.94. The first kappa shape index (κ1) is 14.8. The Morgan fingerprint density at radius 1 is 1.11 bits per heavy atom. The van der Waals surface area contributed by atoms with Gasteiger partial charge in [0, 0.05) is 5.56 Å². The standard InChI is InChI=1S/C13H17BrO4/c1-4-7-8(5-2)10(14)12(18-13(16)17)11(15)9(7)6-3/h15H,4-6H2,1-3H3,(H,16,17). The van der Waals surface area contributed by atoms with Gasteiger partial charge in [-0.1, -0.05) is 20.8 Å². The zero-order valence-corrected chi connectivity index (χ0v) is 12.3. The fourth-order valence-electron chi connectivity index (χ4n) is 2.19. The molecular formula is C13H17BrO4. The minimum atomic E-state index is -1.43. The second-order valence-electron chi connectivity index (χ2n) is 3.86. The summed E-state index contributed by atoms with van der Waals surface area (Å²) in [6, 6.07) is 0. The second-order valence-corrected chi connectivity index (χ2v) is 4.65. The number of benzene rings is 1. The Hall–Kier alpha value is -1.23. The van der Waals surface area contributed by atoms with E-state index in [1.807, 2.05) is 20.8 Å². The van der Waals surface area contributed by atoms with Crippen LogP contribution in [0.1, 0.15) is 37.5 Å². The Kier molecular flexibility index (Phi) is 5.02. The number of ether oxygens (including phenoxy) is 1. The van der Waals surface area contributed by atoms with Gasteiger partial charge in [0.2, 0.25) is 0 Å². The summed E-state index contributed by atoms with van der Waals surface area (Å²) in [4.78, 5) is 10.7. The highest BCUT2D eigenvalue weighted by molar-refractivity contribution is 9.10. The summed E-state index contributed by atoms with van der Waals surface area (Å²) < 4.78 is 5.21. The van der Waals surface area contributed by atoms with Crippen molar-refractivity contribution in [3.8, 4) is 11.5 Å². The Morgan fingerprint density at radius 2 is 1.61 bits per heavy atom. The first-order chi connectivity index (χ1) is 8.47. The normalized spacial score (nSPS) is 10.4. The maximum Gasteiger partial charge on any atom is 0.511 e. The Morgan fingerprint density at radius 3 is 2.00 bits per heavy atom. The van der Waals surface area contributed by atoms with Crippen molar-refractivity contribution in [3.05, 3.63) is 21.2 Å². The molecule has 2 N–H and O–H groups in total. The maximum absolute atomic E-state index is 10.7. The molecule has 0 aromatic heterocycles. The first-order valence-electron chi connectivity index (χ1n) is 5.93. The van der Waals surface area contributed by atoms with Crippen molar-refractivity contribution >= 4 is 22.1 Å². The number of halogens is 1. The van der Waals surface area contributed by atoms with Crippen LogP contribution in [0.5, 0.6) is 11.5 Å². The topological polar surface area (TPSA) is 66.8 Å². The molecule has 0 saturated carbocycles. The van der Waals surface area contributed by atoms with E-state index in [-0.39, 0.29) is 11.5 Å². The number of rotatable bonds is 4. The van der Waals surface area contributed by atoms with Crippen LogP contribution in [0.15, 0.2) is 4.47 Å². The number of hydrogen-bond acceptors (Lipinski definition) is 3. The lowest BCUT2D eigenvalue weighted by Gasteiger charge is -2.18. The molecule has 0 heterocycles. The highest BCUT2D eigenvalue weighted by atomic mass is 79.9. The Bertz CT molecular complexity index is 438. The van der Waals surface area contributed by atoms with Crippen molar-refractivity contribution < 1.29 is 19.7 Å². The van der Waals surface area contributed by atoms with Crippen LogP contribution in [0.2, 0.25) is 0 Å². The summed E-state index contributed by atoms with van der Waals surface area (Å²) in [5, 5.41) is 18.8. The minimum Gasteiger partial charge on any atom is -0.504 e. The average molecular weight is 317 g/mol. The molecule has 0 saturated heterocycles. The van der Waals surface area contributed by atoms with E-state index in [0.717, 1.165) is 29.5 Å². The SMILES string of the molecule is CCc1c(O)c(OC(=O)O)c(Br)c(CC)c1CC. The molecule has 0 unspecified atom stereocenters. The Labute approximate surface area is 115 Å². The molecule has 1 rings (SSSR count). The van der Waals surface area contributed by atoms with Crippen LogP contribution in [0.3, 0.4) is 0 Å². The summed E-state index contributed by atoms with van der Waals surface area (Å²) >= 11 is 3.33. The van der Waals surface area contributed by atoms with E-state index in [1.165, 1.54) is 0 Å². The third kappa shape index (κ3) is 2.61. The molecular weight excluding hydrogens is 300 g/mol. The van der Waals surface area contributed by atoms with Gasteiger partial charge < -0.3 is 14.9 Å². The zero-order valence-electron chi connectivity index (χ0n) is 10.7. The van der Waals surface area contributed by atoms with E-state index in [9.17, 15) is 9.90 Å². The molecule has 0 amide bonds. The zero-order chi connectivity index (χ0) is 13.9. The average Bonchev–Trinajstić information content (AvgIpc) is 2.33. The molecule has 4 nitrogen and oxygen atoms in total. The number of carboxylic acid groups (broad SMARTS) is 1. The second kappa shape index (κ2) is 6.09. The van der Waals surface area contributed by atoms with Gasteiger partial charge in [-0.25, -0.2) is 4.79 Å². The molecule has 18 heavy (non-hydrogen) atoms. The number of phenolic OH excluding ortho intramolecular Hbond substituents is 1. The van der Waals surface area contributed by atoms with Crippen LogP contribution in [-0.4, -0.2) is 16.4 Å². The van der Waals surface area contributed by atoms with Crippen LogP contribution in [0.4, 0.5) is 4.79 Å². The fourth-order valence-corrected chi connectivity index (χ4v) is 2.98. The first-order valence-corrected chi connectivity index (χ1v) is 6.72. The molecule has 0 atom stereocenters. The van der Waals surface area contributed by atoms with Gasteiger partial charge in [-0.3, -0.25) is 0 Å². The number of phenols is 1. The molecule has 0 aliphatic rings. The van der Waals surface area contributed by atoms with Gasteiger partial charge in [0.25, 0.3) is 0 Å². The fraction of sp³-hybridized carbons (Fsp3) is 0.462. The van der Waals surface area contributed by atoms with E-state index in [4.69, 9.17) is 5.11 Å². The number of aromatic hydroxyl groups is 1. The smallest absolute Gasteiger partial charge is 0.504 e. The van der Waals surface area contributed by atoms with Gasteiger partial charge >= 0.3 is 6.16 Å². The van der Waals surface area contributed by atoms with Crippen LogP contribution >= 0.6 is 15.9 Å². The molecule has 0 bridgehead atoms. The Balaban J connectivity index is 3.58. The molecule has 0 aliphatic carbocycles. The summed E-state index contributed by atoms with van der Waals surface area (Å²) in [5.41, 5.74) is 2.80. The third-order valence-corrected chi connectivity index (χ3v) is 3.78. The van der Waals surface area contributed by atoms with Crippen molar-refractivity contribution in [2.75, 3.05) is 0 Å². The monoisotopic (exact) mass is 316 g/mol. The van der Waals surface area contributed by atoms with E-state index in [2.05, 4.69) is 20.7 Å². The molecule has 100 valence electrons. The van der Waals surface area contributed by atoms with E-state index < -0.39 is 6.16 Å². The molecule has 1 aromatic carbocycles. The summed E-state index contributed by atoms with van der Waals surface area (Å²) in [7, 11) is 0. The van der Waals surface area contributed by atoms with Gasteiger partial charge in [0.05, 0.1) is 4.47 Å². The van der Waals surface area contributed by atoms with Crippen LogP contribution in [0.25, 0.3) is 0 Å². The van der Waals surface area contributed by atoms with Crippen molar-refractivity contribution in [1.82, 2.24) is 0 Å². The van der Waals surface area contributed by atoms with Gasteiger partial charge in [-0.15, -0.1) is 0 Å². The molecule has 0 radical (unpaired) electrons. The number of carbonyl (C=O) groups is 1. The maximum atomic E-state index is 10.7. The number of hydrogen-bond donors (Lipinski definition) is 2. The summed E-state index contributed by atoms with van der Waals surface area (Å²) in [6.07, 6.45) is 0.726. The van der Waals surface area contributed by atoms with Crippen LogP contribution in [-0.2, 0) is 19.3 Å². The van der Waals surface area contributed by atoms with Crippen molar-refractivity contribution in [2.45, 2.75) is 40.0 Å². The van der Waals surface area contributed by atoms with Crippen molar-refractivity contribution in [1.29, 1.82) is 0 Å². The lowest BCUT2D eigenvalue weighted by Crippen LogP contribution is -2.08. The van der Waals surface area contributed by atoms with Crippen molar-refractivity contribution in [2.24, 2.45) is 0 Å². The van der Waals surface area contributed by atoms with Crippen molar-refractivity contribution in [3.63, 3.8) is 0 Å². The van der Waals surface area contributed by atoms with E-state index in [0.29, 0.717) is 10.9 Å². The molecule has 5 heteroatoms. The summed E-state index contributed by atoms with van der Waals surface area (Å²) in [6.45, 7) is 5.92. The van der Waals surface area contributed by atoms with Gasteiger partial charge in [-0.05, 0) is 46.3 Å². The molecule has 0 fully saturated rings. The highest BCUT2D eigenvalue weighted by Crippen LogP contribution is 2.43. The lowest BCUT2D eigenvalue weighted by molar-refractivity contribution is 0.142. The van der Waals surface area contributed by atoms with E-state index in [1.54, 1.807) is 0 Å². The highest BCUT2D eigenvalue weighted by Gasteiger charge is 2.22. The quantitative estimate of drug-likeness (QED) is 0.653. The molecule has 0 spiro atoms. The van der Waals surface area contributed by atoms with Crippen LogP contribution < -0.4 is 4.74 Å². The molecule has 1 aromatic rings. The predicted octanol–water partition coefficient (Wildman–Crippen LogP) is 3.90. The van der Waals surface area contributed by atoms with Gasteiger partial charge in [-0.2, -0.15) is 0 Å². The van der Waals surface area contributed by atoms with Gasteiger partial charge in [0.15, 0.2) is 11.5 Å². The van der Waals surface area contributed by atoms with Crippen LogP contribution in [0, 0.1) is 0 Å². The van der Waals surface area contributed by atoms with E-state index >= 15 is 0 Å². The minimum absolute atomic E-state index is 0.00611. The largest absolute Gasteiger partial charge is 0.511 e. The molecule has 0 aliphatic heterocycles. The van der Waals surface area contributed by atoms with Gasteiger partial charge in [0.1, 0.15) is 0 Å².